The van der Waals surface area contributed by atoms with E-state index in [2.05, 4.69) is 4.74 Å². The highest BCUT2D eigenvalue weighted by Crippen LogP contribution is 2.00. The predicted octanol–water partition coefficient (Wildman–Crippen LogP) is 0.516. The molecule has 0 spiro atoms. The third-order valence-corrected chi connectivity index (χ3v) is 2.27. The lowest BCUT2D eigenvalue weighted by Gasteiger charge is -2.22. The number of hydrogen-bond acceptors (Lipinski definition) is 5. The Morgan fingerprint density at radius 2 is 1.61 bits per heavy atom. The number of rotatable bonds is 6. The van der Waals surface area contributed by atoms with Crippen LogP contribution in [0.3, 0.4) is 0 Å². The molecule has 0 fully saturated rings. The number of carbonyl (C=O) groups is 3. The number of likely N-dealkylation sites (N-methyl/N-ethyl adjacent to an activating group) is 1. The summed E-state index contributed by atoms with van der Waals surface area (Å²) in [5.74, 6) is -1.68. The SMILES string of the molecule is CCN(CC)C(=O)[C@@H](C)OC(=O)/C=C/C(=O)OC. The molecule has 1 atom stereocenters. The summed E-state index contributed by atoms with van der Waals surface area (Å²) in [5, 5.41) is 0. The van der Waals surface area contributed by atoms with Crippen LogP contribution in [-0.4, -0.2) is 49.0 Å². The van der Waals surface area contributed by atoms with Gasteiger partial charge in [0.25, 0.3) is 5.91 Å². The van der Waals surface area contributed by atoms with Crippen molar-refractivity contribution in [2.45, 2.75) is 26.9 Å². The second-order valence-corrected chi connectivity index (χ2v) is 3.45. The van der Waals surface area contributed by atoms with Crippen LogP contribution in [0.1, 0.15) is 20.8 Å². The van der Waals surface area contributed by atoms with Gasteiger partial charge < -0.3 is 14.4 Å². The first-order valence-corrected chi connectivity index (χ1v) is 5.71. The largest absolute Gasteiger partial charge is 0.466 e. The number of hydrogen-bond donors (Lipinski definition) is 0. The molecule has 0 aromatic carbocycles. The van der Waals surface area contributed by atoms with Gasteiger partial charge in [0.1, 0.15) is 0 Å². The highest BCUT2D eigenvalue weighted by atomic mass is 16.5. The van der Waals surface area contributed by atoms with Crippen LogP contribution in [0, 0.1) is 0 Å². The number of amides is 1. The average molecular weight is 257 g/mol. The van der Waals surface area contributed by atoms with Gasteiger partial charge in [-0.1, -0.05) is 0 Å². The Bertz CT molecular complexity index is 333. The number of carbonyl (C=O) groups excluding carboxylic acids is 3. The van der Waals surface area contributed by atoms with Gasteiger partial charge in [-0.3, -0.25) is 4.79 Å². The minimum atomic E-state index is -0.875. The predicted molar refractivity (Wildman–Crippen MR) is 64.6 cm³/mol. The second kappa shape index (κ2) is 8.27. The fourth-order valence-electron chi connectivity index (χ4n) is 1.26. The summed E-state index contributed by atoms with van der Waals surface area (Å²) < 4.78 is 9.18. The Balaban J connectivity index is 4.35. The summed E-state index contributed by atoms with van der Waals surface area (Å²) in [7, 11) is 1.20. The van der Waals surface area contributed by atoms with Gasteiger partial charge >= 0.3 is 11.9 Å². The number of esters is 2. The number of nitrogens with zero attached hydrogens (tertiary/aromatic N) is 1. The summed E-state index contributed by atoms with van der Waals surface area (Å²) in [5.41, 5.74) is 0. The molecule has 1 amide bonds. The molecule has 0 heterocycles. The molecule has 102 valence electrons. The molecule has 0 aliphatic carbocycles. The maximum Gasteiger partial charge on any atom is 0.331 e. The molecule has 0 aliphatic heterocycles. The van der Waals surface area contributed by atoms with Crippen molar-refractivity contribution < 1.29 is 23.9 Å². The molecule has 0 aromatic rings. The average Bonchev–Trinajstić information content (AvgIpc) is 2.36. The molecular formula is C12H19NO5. The van der Waals surface area contributed by atoms with Crippen LogP contribution in [-0.2, 0) is 23.9 Å². The van der Waals surface area contributed by atoms with Gasteiger partial charge in [0, 0.05) is 25.2 Å². The number of methoxy groups -OCH3 is 1. The van der Waals surface area contributed by atoms with E-state index >= 15 is 0 Å². The molecule has 0 saturated carbocycles. The monoisotopic (exact) mass is 257 g/mol. The fraction of sp³-hybridized carbons (Fsp3) is 0.583. The standard InChI is InChI=1S/C12H19NO5/c1-5-13(6-2)12(16)9(3)18-11(15)8-7-10(14)17-4/h7-9H,5-6H2,1-4H3/b8-7+/t9-/m1/s1. The van der Waals surface area contributed by atoms with E-state index in [0.29, 0.717) is 13.1 Å². The number of ether oxygens (including phenoxy) is 2. The van der Waals surface area contributed by atoms with Crippen LogP contribution in [0.5, 0.6) is 0 Å². The van der Waals surface area contributed by atoms with Crippen molar-refractivity contribution in [1.82, 2.24) is 4.90 Å². The van der Waals surface area contributed by atoms with Crippen LogP contribution in [0.4, 0.5) is 0 Å². The van der Waals surface area contributed by atoms with Crippen molar-refractivity contribution in [2.24, 2.45) is 0 Å². The van der Waals surface area contributed by atoms with Crippen LogP contribution < -0.4 is 0 Å². The molecule has 0 N–H and O–H groups in total. The van der Waals surface area contributed by atoms with Crippen LogP contribution in [0.15, 0.2) is 12.2 Å². The fourth-order valence-corrected chi connectivity index (χ4v) is 1.26. The van der Waals surface area contributed by atoms with Gasteiger partial charge in [-0.2, -0.15) is 0 Å². The molecule has 0 bridgehead atoms. The highest BCUT2D eigenvalue weighted by Gasteiger charge is 2.20. The summed E-state index contributed by atoms with van der Waals surface area (Å²) in [6.45, 7) is 6.27. The molecule has 0 radical (unpaired) electrons. The van der Waals surface area contributed by atoms with E-state index in [9.17, 15) is 14.4 Å². The van der Waals surface area contributed by atoms with Crippen molar-refractivity contribution in [3.8, 4) is 0 Å². The lowest BCUT2D eigenvalue weighted by molar-refractivity contribution is -0.155. The van der Waals surface area contributed by atoms with E-state index in [1.54, 1.807) is 4.90 Å². The van der Waals surface area contributed by atoms with E-state index < -0.39 is 18.0 Å². The third-order valence-electron chi connectivity index (χ3n) is 2.27. The molecule has 0 aliphatic rings. The van der Waals surface area contributed by atoms with Gasteiger partial charge in [-0.25, -0.2) is 9.59 Å². The maximum absolute atomic E-state index is 11.8. The quantitative estimate of drug-likeness (QED) is 0.512. The zero-order valence-corrected chi connectivity index (χ0v) is 11.1. The molecule has 0 rings (SSSR count). The smallest absolute Gasteiger partial charge is 0.331 e. The van der Waals surface area contributed by atoms with Gasteiger partial charge in [-0.05, 0) is 20.8 Å². The van der Waals surface area contributed by atoms with E-state index in [4.69, 9.17) is 4.74 Å². The Morgan fingerprint density at radius 1 is 1.11 bits per heavy atom. The molecular weight excluding hydrogens is 238 g/mol. The first-order valence-electron chi connectivity index (χ1n) is 5.71. The van der Waals surface area contributed by atoms with E-state index in [1.807, 2.05) is 13.8 Å². The molecule has 18 heavy (non-hydrogen) atoms. The second-order valence-electron chi connectivity index (χ2n) is 3.45. The zero-order chi connectivity index (χ0) is 14.1. The lowest BCUT2D eigenvalue weighted by Crippen LogP contribution is -2.39. The molecule has 0 unspecified atom stereocenters. The normalized spacial score (nSPS) is 12.0. The van der Waals surface area contributed by atoms with Crippen LogP contribution in [0.2, 0.25) is 0 Å². The Kier molecular flexibility index (Phi) is 7.42. The highest BCUT2D eigenvalue weighted by molar-refractivity contribution is 5.93. The first-order chi connectivity index (χ1) is 8.46. The summed E-state index contributed by atoms with van der Waals surface area (Å²) in [6, 6.07) is 0. The van der Waals surface area contributed by atoms with Crippen molar-refractivity contribution in [3.05, 3.63) is 12.2 Å². The van der Waals surface area contributed by atoms with Crippen molar-refractivity contribution in [3.63, 3.8) is 0 Å². The first kappa shape index (κ1) is 16.1. The van der Waals surface area contributed by atoms with Gasteiger partial charge in [0.2, 0.25) is 0 Å². The maximum atomic E-state index is 11.8. The lowest BCUT2D eigenvalue weighted by atomic mass is 10.3. The van der Waals surface area contributed by atoms with Crippen LogP contribution >= 0.6 is 0 Å². The Labute approximate surface area is 107 Å². The summed E-state index contributed by atoms with van der Waals surface area (Å²) in [6.07, 6.45) is 0.995. The van der Waals surface area contributed by atoms with Crippen molar-refractivity contribution >= 4 is 17.8 Å². The van der Waals surface area contributed by atoms with Gasteiger partial charge in [0.05, 0.1) is 7.11 Å². The van der Waals surface area contributed by atoms with E-state index in [0.717, 1.165) is 12.2 Å². The minimum absolute atomic E-state index is 0.264. The zero-order valence-electron chi connectivity index (χ0n) is 11.1. The van der Waals surface area contributed by atoms with Crippen molar-refractivity contribution in [2.75, 3.05) is 20.2 Å². The van der Waals surface area contributed by atoms with Gasteiger partial charge in [0.15, 0.2) is 6.10 Å². The summed E-state index contributed by atoms with van der Waals surface area (Å²) >= 11 is 0. The topological polar surface area (TPSA) is 72.9 Å². The molecule has 0 saturated heterocycles. The summed E-state index contributed by atoms with van der Waals surface area (Å²) in [4.78, 5) is 35.4. The van der Waals surface area contributed by atoms with Crippen LogP contribution in [0.25, 0.3) is 0 Å². The molecule has 6 nitrogen and oxygen atoms in total. The Morgan fingerprint density at radius 3 is 2.06 bits per heavy atom. The molecule has 0 aromatic heterocycles. The van der Waals surface area contributed by atoms with Crippen molar-refractivity contribution in [1.29, 1.82) is 0 Å². The minimum Gasteiger partial charge on any atom is -0.466 e. The molecule has 6 heteroatoms. The van der Waals surface area contributed by atoms with Gasteiger partial charge in [-0.15, -0.1) is 0 Å². The Hall–Kier alpha value is -1.85. The van der Waals surface area contributed by atoms with E-state index in [-0.39, 0.29) is 5.91 Å². The third kappa shape index (κ3) is 5.47. The van der Waals surface area contributed by atoms with E-state index in [1.165, 1.54) is 14.0 Å².